The zero-order valence-corrected chi connectivity index (χ0v) is 6.14. The Bertz CT molecular complexity index is 183. The second kappa shape index (κ2) is 3.66. The zero-order chi connectivity index (χ0) is 8.15. The Morgan fingerprint density at radius 3 is 2.50 bits per heavy atom. The number of amides is 1. The molecule has 1 amide bonds. The molecule has 0 heterocycles. The topological polar surface area (TPSA) is 67.5 Å². The van der Waals surface area contributed by atoms with Crippen molar-refractivity contribution in [2.24, 2.45) is 10.7 Å². The maximum Gasteiger partial charge on any atom is 0.221 e. The van der Waals surface area contributed by atoms with E-state index in [1.807, 2.05) is 0 Å². The molecule has 10 heavy (non-hydrogen) atoms. The summed E-state index contributed by atoms with van der Waals surface area (Å²) < 4.78 is 0. The van der Waals surface area contributed by atoms with Crippen LogP contribution < -0.4 is 11.1 Å². The van der Waals surface area contributed by atoms with Crippen molar-refractivity contribution < 1.29 is 4.79 Å². The van der Waals surface area contributed by atoms with Gasteiger partial charge in [0.15, 0.2) is 0 Å². The highest BCUT2D eigenvalue weighted by atomic mass is 16.1. The maximum atomic E-state index is 10.4. The van der Waals surface area contributed by atoms with E-state index < -0.39 is 0 Å². The van der Waals surface area contributed by atoms with E-state index in [9.17, 15) is 4.79 Å². The van der Waals surface area contributed by atoms with Gasteiger partial charge in [0.2, 0.25) is 5.91 Å². The monoisotopic (exact) mass is 141 g/mol. The molecule has 0 unspecified atom stereocenters. The van der Waals surface area contributed by atoms with Crippen LogP contribution in [-0.4, -0.2) is 18.8 Å². The van der Waals surface area contributed by atoms with Gasteiger partial charge < -0.3 is 11.1 Å². The molecule has 0 saturated carbocycles. The molecule has 0 saturated heterocycles. The molecule has 3 N–H and O–H groups in total. The van der Waals surface area contributed by atoms with E-state index in [1.54, 1.807) is 0 Å². The summed E-state index contributed by atoms with van der Waals surface area (Å²) in [7, 11) is 1.53. The van der Waals surface area contributed by atoms with Crippen LogP contribution in [0.5, 0.6) is 0 Å². The quantitative estimate of drug-likeness (QED) is 0.406. The second-order valence-electron chi connectivity index (χ2n) is 1.77. The van der Waals surface area contributed by atoms with Gasteiger partial charge in [-0.05, 0) is 0 Å². The van der Waals surface area contributed by atoms with Crippen molar-refractivity contribution in [3.05, 3.63) is 12.3 Å². The van der Waals surface area contributed by atoms with Gasteiger partial charge in [-0.3, -0.25) is 9.79 Å². The normalized spacial score (nSPS) is 10.8. The summed E-state index contributed by atoms with van der Waals surface area (Å²) in [5.74, 6) is 0.0480. The molecule has 0 aliphatic carbocycles. The summed E-state index contributed by atoms with van der Waals surface area (Å²) >= 11 is 0. The lowest BCUT2D eigenvalue weighted by Gasteiger charge is -2.02. The first-order valence-electron chi connectivity index (χ1n) is 2.77. The van der Waals surface area contributed by atoms with E-state index in [0.717, 1.165) is 0 Å². The Balaban J connectivity index is 3.99. The summed E-state index contributed by atoms with van der Waals surface area (Å²) in [6, 6.07) is 0. The molecule has 0 aromatic rings. The van der Waals surface area contributed by atoms with E-state index in [-0.39, 0.29) is 11.7 Å². The third-order valence-corrected chi connectivity index (χ3v) is 0.877. The van der Waals surface area contributed by atoms with Crippen LogP contribution in [0.25, 0.3) is 0 Å². The molecule has 0 spiro atoms. The molecule has 0 aliphatic heterocycles. The number of hydrogen-bond donors (Lipinski definition) is 2. The molecule has 0 aromatic carbocycles. The minimum absolute atomic E-state index is 0.198. The maximum absolute atomic E-state index is 10.4. The number of hydrogen-bond acceptors (Lipinski definition) is 2. The number of carbonyl (C=O) groups is 1. The fourth-order valence-electron chi connectivity index (χ4n) is 0.411. The van der Waals surface area contributed by atoms with Gasteiger partial charge in [-0.25, -0.2) is 0 Å². The standard InChI is InChI=1S/C6H11N3O/c1-4(6(7)8-3)9-5(2)10/h1H2,2-3H3,(H2,7,8)(H,9,10). The largest absolute Gasteiger partial charge is 0.382 e. The van der Waals surface area contributed by atoms with Gasteiger partial charge in [0.25, 0.3) is 0 Å². The highest BCUT2D eigenvalue weighted by Crippen LogP contribution is 1.82. The molecule has 0 aromatic heterocycles. The lowest BCUT2D eigenvalue weighted by molar-refractivity contribution is -0.118. The average Bonchev–Trinajstić information content (AvgIpc) is 1.85. The van der Waals surface area contributed by atoms with E-state index >= 15 is 0 Å². The molecule has 0 radical (unpaired) electrons. The summed E-state index contributed by atoms with van der Waals surface area (Å²) in [5.41, 5.74) is 5.64. The molecular formula is C6H11N3O. The number of nitrogens with two attached hydrogens (primary N) is 1. The summed E-state index contributed by atoms with van der Waals surface area (Å²) in [6.07, 6.45) is 0. The van der Waals surface area contributed by atoms with Gasteiger partial charge in [-0.2, -0.15) is 0 Å². The third kappa shape index (κ3) is 2.86. The van der Waals surface area contributed by atoms with Gasteiger partial charge in [-0.1, -0.05) is 6.58 Å². The van der Waals surface area contributed by atoms with E-state index in [0.29, 0.717) is 5.70 Å². The van der Waals surface area contributed by atoms with Crippen molar-refractivity contribution in [3.63, 3.8) is 0 Å². The fourth-order valence-corrected chi connectivity index (χ4v) is 0.411. The number of nitrogens with zero attached hydrogens (tertiary/aromatic N) is 1. The van der Waals surface area contributed by atoms with Crippen molar-refractivity contribution in [1.29, 1.82) is 0 Å². The number of amidine groups is 1. The van der Waals surface area contributed by atoms with Crippen molar-refractivity contribution >= 4 is 11.7 Å². The molecule has 56 valence electrons. The fraction of sp³-hybridized carbons (Fsp3) is 0.333. The Kier molecular flexibility index (Phi) is 3.17. The minimum Gasteiger partial charge on any atom is -0.382 e. The van der Waals surface area contributed by atoms with E-state index in [2.05, 4.69) is 16.9 Å². The third-order valence-electron chi connectivity index (χ3n) is 0.877. The van der Waals surface area contributed by atoms with Gasteiger partial charge in [0.1, 0.15) is 5.84 Å². The molecular weight excluding hydrogens is 130 g/mol. The van der Waals surface area contributed by atoms with Crippen molar-refractivity contribution in [1.82, 2.24) is 5.32 Å². The van der Waals surface area contributed by atoms with Crippen LogP contribution in [0.2, 0.25) is 0 Å². The average molecular weight is 141 g/mol. The first-order chi connectivity index (χ1) is 4.57. The van der Waals surface area contributed by atoms with Gasteiger partial charge in [0.05, 0.1) is 5.70 Å². The van der Waals surface area contributed by atoms with Crippen LogP contribution >= 0.6 is 0 Å². The first kappa shape index (κ1) is 8.68. The number of nitrogens with one attached hydrogen (secondary N) is 1. The van der Waals surface area contributed by atoms with Gasteiger partial charge >= 0.3 is 0 Å². The zero-order valence-electron chi connectivity index (χ0n) is 6.14. The van der Waals surface area contributed by atoms with E-state index in [4.69, 9.17) is 5.73 Å². The summed E-state index contributed by atoms with van der Waals surface area (Å²) in [5, 5.41) is 2.40. The Labute approximate surface area is 59.8 Å². The molecule has 0 atom stereocenters. The number of carbonyl (C=O) groups excluding carboxylic acids is 1. The Morgan fingerprint density at radius 1 is 1.70 bits per heavy atom. The van der Waals surface area contributed by atoms with Crippen molar-refractivity contribution in [3.8, 4) is 0 Å². The number of rotatable bonds is 2. The molecule has 0 bridgehead atoms. The lowest BCUT2D eigenvalue weighted by atomic mass is 10.4. The lowest BCUT2D eigenvalue weighted by Crippen LogP contribution is -2.28. The predicted octanol–water partition coefficient (Wildman–Crippen LogP) is -0.377. The molecule has 0 aliphatic rings. The molecule has 0 fully saturated rings. The van der Waals surface area contributed by atoms with Crippen LogP contribution in [0.4, 0.5) is 0 Å². The van der Waals surface area contributed by atoms with Gasteiger partial charge in [-0.15, -0.1) is 0 Å². The second-order valence-corrected chi connectivity index (χ2v) is 1.77. The van der Waals surface area contributed by atoms with Crippen molar-refractivity contribution in [2.45, 2.75) is 6.92 Å². The van der Waals surface area contributed by atoms with Crippen LogP contribution in [0, 0.1) is 0 Å². The first-order valence-corrected chi connectivity index (χ1v) is 2.77. The van der Waals surface area contributed by atoms with Crippen molar-refractivity contribution in [2.75, 3.05) is 7.05 Å². The summed E-state index contributed by atoms with van der Waals surface area (Å²) in [6.45, 7) is 4.86. The van der Waals surface area contributed by atoms with Crippen LogP contribution in [0.1, 0.15) is 6.92 Å². The summed E-state index contributed by atoms with van der Waals surface area (Å²) in [4.78, 5) is 14.0. The van der Waals surface area contributed by atoms with Crippen LogP contribution in [0.15, 0.2) is 17.3 Å². The SMILES string of the molecule is C=C(NC(C)=O)C(N)=NC. The van der Waals surface area contributed by atoms with Crippen LogP contribution in [-0.2, 0) is 4.79 Å². The highest BCUT2D eigenvalue weighted by molar-refractivity contribution is 5.99. The van der Waals surface area contributed by atoms with Gasteiger partial charge in [0, 0.05) is 14.0 Å². The molecule has 4 heteroatoms. The Morgan fingerprint density at radius 2 is 2.20 bits per heavy atom. The van der Waals surface area contributed by atoms with E-state index in [1.165, 1.54) is 14.0 Å². The smallest absolute Gasteiger partial charge is 0.221 e. The molecule has 0 rings (SSSR count). The molecule has 4 nitrogen and oxygen atoms in total. The predicted molar refractivity (Wildman–Crippen MR) is 40.5 cm³/mol. The minimum atomic E-state index is -0.198. The number of aliphatic imine (C=N–C) groups is 1. The van der Waals surface area contributed by atoms with Crippen LogP contribution in [0.3, 0.4) is 0 Å². The highest BCUT2D eigenvalue weighted by Gasteiger charge is 1.98. The Hall–Kier alpha value is -1.32.